The highest BCUT2D eigenvalue weighted by molar-refractivity contribution is 8.00. The summed E-state index contributed by atoms with van der Waals surface area (Å²) < 4.78 is 7.62. The number of thioether (sulfide) groups is 1. The minimum atomic E-state index is 0.0886. The van der Waals surface area contributed by atoms with Gasteiger partial charge in [0.25, 0.3) is 0 Å². The molecule has 0 spiro atoms. The quantitative estimate of drug-likeness (QED) is 0.783. The third-order valence-electron chi connectivity index (χ3n) is 3.80. The average Bonchev–Trinajstić information content (AvgIpc) is 3.19. The van der Waals surface area contributed by atoms with Crippen LogP contribution in [0.1, 0.15) is 24.3 Å². The molecule has 1 aromatic heterocycles. The second kappa shape index (κ2) is 7.55. The van der Waals surface area contributed by atoms with E-state index in [1.54, 1.807) is 18.0 Å². The van der Waals surface area contributed by atoms with Crippen molar-refractivity contribution < 1.29 is 9.53 Å². The summed E-state index contributed by atoms with van der Waals surface area (Å²) in [6, 6.07) is 8.06. The lowest BCUT2D eigenvalue weighted by Crippen LogP contribution is -2.29. The van der Waals surface area contributed by atoms with Crippen molar-refractivity contribution in [3.63, 3.8) is 0 Å². The predicted octanol–water partition coefficient (Wildman–Crippen LogP) is 2.95. The zero-order valence-corrected chi connectivity index (χ0v) is 14.0. The highest BCUT2D eigenvalue weighted by atomic mass is 32.2. The number of aromatic nitrogens is 2. The van der Waals surface area contributed by atoms with Crippen molar-refractivity contribution in [1.29, 1.82) is 0 Å². The zero-order valence-electron chi connectivity index (χ0n) is 13.2. The minimum absolute atomic E-state index is 0.0886. The molecule has 5 nitrogen and oxygen atoms in total. The van der Waals surface area contributed by atoms with Gasteiger partial charge in [-0.1, -0.05) is 12.1 Å². The lowest BCUT2D eigenvalue weighted by atomic mass is 10.2. The third kappa shape index (κ3) is 3.88. The maximum Gasteiger partial charge on any atom is 0.233 e. The largest absolute Gasteiger partial charge is 0.494 e. The van der Waals surface area contributed by atoms with Gasteiger partial charge in [-0.15, -0.1) is 11.8 Å². The van der Waals surface area contributed by atoms with Gasteiger partial charge in [0.05, 0.1) is 18.7 Å². The number of imidazole rings is 1. The van der Waals surface area contributed by atoms with Gasteiger partial charge in [0.15, 0.2) is 0 Å². The number of benzene rings is 1. The SMILES string of the molecule is CCOc1cccc(C2SCC(=O)N2CCCn2ccnc2)c1. The molecule has 1 amide bonds. The van der Waals surface area contributed by atoms with Crippen LogP contribution in [0.4, 0.5) is 0 Å². The van der Waals surface area contributed by atoms with Crippen molar-refractivity contribution in [2.24, 2.45) is 0 Å². The summed E-state index contributed by atoms with van der Waals surface area (Å²) in [6.07, 6.45) is 6.45. The van der Waals surface area contributed by atoms with E-state index in [0.717, 1.165) is 30.8 Å². The standard InChI is InChI=1S/C17H21N3O2S/c1-2-22-15-6-3-5-14(11-15)17-20(16(21)12-23-17)9-4-8-19-10-7-18-13-19/h3,5-7,10-11,13,17H,2,4,8-9,12H2,1H3. The Labute approximate surface area is 140 Å². The molecule has 1 aromatic carbocycles. The monoisotopic (exact) mass is 331 g/mol. The van der Waals surface area contributed by atoms with Gasteiger partial charge in [0.1, 0.15) is 11.1 Å². The van der Waals surface area contributed by atoms with Crippen LogP contribution in [0.5, 0.6) is 5.75 Å². The molecule has 23 heavy (non-hydrogen) atoms. The summed E-state index contributed by atoms with van der Waals surface area (Å²) in [5, 5.41) is 0.0886. The topological polar surface area (TPSA) is 47.4 Å². The smallest absolute Gasteiger partial charge is 0.233 e. The summed E-state index contributed by atoms with van der Waals surface area (Å²) in [5.41, 5.74) is 1.13. The summed E-state index contributed by atoms with van der Waals surface area (Å²) in [5.74, 6) is 1.63. The molecule has 6 heteroatoms. The van der Waals surface area contributed by atoms with Crippen LogP contribution in [0.3, 0.4) is 0 Å². The molecule has 122 valence electrons. The van der Waals surface area contributed by atoms with Gasteiger partial charge < -0.3 is 14.2 Å². The van der Waals surface area contributed by atoms with E-state index in [2.05, 4.69) is 11.1 Å². The Kier molecular flexibility index (Phi) is 5.23. The molecule has 1 atom stereocenters. The van der Waals surface area contributed by atoms with E-state index in [4.69, 9.17) is 4.74 Å². The fourth-order valence-electron chi connectivity index (χ4n) is 2.74. The molecule has 0 aliphatic carbocycles. The van der Waals surface area contributed by atoms with E-state index >= 15 is 0 Å². The van der Waals surface area contributed by atoms with Crippen molar-refractivity contribution in [3.8, 4) is 5.75 Å². The van der Waals surface area contributed by atoms with Crippen LogP contribution in [-0.2, 0) is 11.3 Å². The fourth-order valence-corrected chi connectivity index (χ4v) is 3.95. The number of carbonyl (C=O) groups excluding carboxylic acids is 1. The number of aryl methyl sites for hydroxylation is 1. The summed E-state index contributed by atoms with van der Waals surface area (Å²) >= 11 is 1.69. The molecule has 1 aliphatic rings. The van der Waals surface area contributed by atoms with Crippen LogP contribution in [0.15, 0.2) is 43.0 Å². The summed E-state index contributed by atoms with van der Waals surface area (Å²) in [7, 11) is 0. The number of nitrogens with zero attached hydrogens (tertiary/aromatic N) is 3. The zero-order chi connectivity index (χ0) is 16.1. The molecule has 1 saturated heterocycles. The second-order valence-electron chi connectivity index (χ2n) is 5.41. The van der Waals surface area contributed by atoms with E-state index in [1.807, 2.05) is 47.1 Å². The molecular formula is C17H21N3O2S. The molecule has 1 unspecified atom stereocenters. The molecule has 2 aromatic rings. The van der Waals surface area contributed by atoms with Crippen LogP contribution >= 0.6 is 11.8 Å². The van der Waals surface area contributed by atoms with Gasteiger partial charge in [-0.3, -0.25) is 4.79 Å². The van der Waals surface area contributed by atoms with Crippen molar-refractivity contribution in [2.45, 2.75) is 25.3 Å². The Bertz CT molecular complexity index is 645. The molecule has 0 bridgehead atoms. The summed E-state index contributed by atoms with van der Waals surface area (Å²) in [4.78, 5) is 18.2. The Morgan fingerprint density at radius 2 is 2.30 bits per heavy atom. The number of hydrogen-bond donors (Lipinski definition) is 0. The lowest BCUT2D eigenvalue weighted by Gasteiger charge is -2.24. The number of hydrogen-bond acceptors (Lipinski definition) is 4. The number of rotatable bonds is 7. The molecule has 0 radical (unpaired) electrons. The van der Waals surface area contributed by atoms with Gasteiger partial charge in [0, 0.05) is 25.5 Å². The van der Waals surface area contributed by atoms with E-state index in [9.17, 15) is 4.79 Å². The number of ether oxygens (including phenoxy) is 1. The van der Waals surface area contributed by atoms with Crippen LogP contribution in [0.25, 0.3) is 0 Å². The van der Waals surface area contributed by atoms with E-state index < -0.39 is 0 Å². The van der Waals surface area contributed by atoms with E-state index in [0.29, 0.717) is 12.4 Å². The number of amides is 1. The van der Waals surface area contributed by atoms with Crippen molar-refractivity contribution >= 4 is 17.7 Å². The molecule has 2 heterocycles. The van der Waals surface area contributed by atoms with Gasteiger partial charge in [0.2, 0.25) is 5.91 Å². The molecule has 3 rings (SSSR count). The van der Waals surface area contributed by atoms with Crippen LogP contribution in [-0.4, -0.2) is 39.3 Å². The first-order valence-corrected chi connectivity index (χ1v) is 8.92. The maximum absolute atomic E-state index is 12.2. The van der Waals surface area contributed by atoms with Gasteiger partial charge in [-0.25, -0.2) is 4.98 Å². The minimum Gasteiger partial charge on any atom is -0.494 e. The number of carbonyl (C=O) groups is 1. The molecular weight excluding hydrogens is 310 g/mol. The Balaban J connectivity index is 1.65. The lowest BCUT2D eigenvalue weighted by molar-refractivity contribution is -0.128. The van der Waals surface area contributed by atoms with Gasteiger partial charge >= 0.3 is 0 Å². The molecule has 0 saturated carbocycles. The van der Waals surface area contributed by atoms with Crippen molar-refractivity contribution in [1.82, 2.24) is 14.5 Å². The average molecular weight is 331 g/mol. The second-order valence-corrected chi connectivity index (χ2v) is 6.48. The Morgan fingerprint density at radius 1 is 1.39 bits per heavy atom. The first-order valence-electron chi connectivity index (χ1n) is 7.87. The molecule has 1 fully saturated rings. The van der Waals surface area contributed by atoms with Crippen molar-refractivity contribution in [3.05, 3.63) is 48.5 Å². The fraction of sp³-hybridized carbons (Fsp3) is 0.412. The first-order chi connectivity index (χ1) is 11.3. The predicted molar refractivity (Wildman–Crippen MR) is 91.4 cm³/mol. The van der Waals surface area contributed by atoms with Crippen LogP contribution < -0.4 is 4.74 Å². The van der Waals surface area contributed by atoms with Gasteiger partial charge in [-0.2, -0.15) is 0 Å². The Hall–Kier alpha value is -1.95. The normalized spacial score (nSPS) is 17.7. The van der Waals surface area contributed by atoms with Crippen LogP contribution in [0, 0.1) is 0 Å². The van der Waals surface area contributed by atoms with E-state index in [1.165, 1.54) is 0 Å². The van der Waals surface area contributed by atoms with Gasteiger partial charge in [-0.05, 0) is 31.0 Å². The highest BCUT2D eigenvalue weighted by Crippen LogP contribution is 2.39. The van der Waals surface area contributed by atoms with E-state index in [-0.39, 0.29) is 11.3 Å². The highest BCUT2D eigenvalue weighted by Gasteiger charge is 2.32. The molecule has 0 N–H and O–H groups in total. The van der Waals surface area contributed by atoms with Crippen molar-refractivity contribution in [2.75, 3.05) is 18.9 Å². The summed E-state index contributed by atoms with van der Waals surface area (Å²) in [6.45, 7) is 4.26. The molecule has 1 aliphatic heterocycles. The van der Waals surface area contributed by atoms with Crippen LogP contribution in [0.2, 0.25) is 0 Å². The maximum atomic E-state index is 12.2. The third-order valence-corrected chi connectivity index (χ3v) is 5.05. The first kappa shape index (κ1) is 15.9. The Morgan fingerprint density at radius 3 is 3.09 bits per heavy atom.